The van der Waals surface area contributed by atoms with Crippen LogP contribution in [0.5, 0.6) is 17.2 Å². The molecule has 160 valence electrons. The average Bonchev–Trinajstić information content (AvgIpc) is 2.77. The molecular weight excluding hydrogens is 384 g/mol. The average molecular weight is 415 g/mol. The van der Waals surface area contributed by atoms with Gasteiger partial charge in [0, 0.05) is 5.39 Å². The normalized spacial score (nSPS) is 11.7. The third-order valence-corrected chi connectivity index (χ3v) is 5.95. The fourth-order valence-electron chi connectivity index (χ4n) is 4.30. The third-order valence-electron chi connectivity index (χ3n) is 5.95. The van der Waals surface area contributed by atoms with Crippen molar-refractivity contribution in [3.63, 3.8) is 0 Å². The minimum Gasteiger partial charge on any atom is -0.493 e. The minimum atomic E-state index is 0.140. The van der Waals surface area contributed by atoms with Gasteiger partial charge in [0.05, 0.1) is 21.3 Å². The van der Waals surface area contributed by atoms with Gasteiger partial charge >= 0.3 is 0 Å². The van der Waals surface area contributed by atoms with Gasteiger partial charge in [0.2, 0.25) is 5.75 Å². The van der Waals surface area contributed by atoms with Crippen molar-refractivity contribution in [2.45, 2.75) is 32.6 Å². The number of hydrogen-bond donors (Lipinski definition) is 0. The van der Waals surface area contributed by atoms with Crippen molar-refractivity contribution in [1.29, 1.82) is 0 Å². The van der Waals surface area contributed by atoms with Crippen molar-refractivity contribution in [3.8, 4) is 17.2 Å². The summed E-state index contributed by atoms with van der Waals surface area (Å²) in [5.74, 6) is 2.00. The first-order valence-electron chi connectivity index (χ1n) is 10.6. The Morgan fingerprint density at radius 3 is 2.00 bits per heavy atom. The molecule has 0 heterocycles. The summed E-state index contributed by atoms with van der Waals surface area (Å²) < 4.78 is 17.2. The Kier molecular flexibility index (Phi) is 5.53. The largest absolute Gasteiger partial charge is 0.493 e. The molecule has 0 radical (unpaired) electrons. The van der Waals surface area contributed by atoms with Gasteiger partial charge in [0.15, 0.2) is 11.5 Å². The number of hydrogen-bond acceptors (Lipinski definition) is 3. The summed E-state index contributed by atoms with van der Waals surface area (Å²) in [5, 5.41) is 4.54. The van der Waals surface area contributed by atoms with Crippen molar-refractivity contribution < 1.29 is 14.2 Å². The van der Waals surface area contributed by atoms with Crippen LogP contribution in [-0.2, 0) is 11.8 Å². The zero-order valence-electron chi connectivity index (χ0n) is 19.2. The van der Waals surface area contributed by atoms with E-state index in [0.29, 0.717) is 17.2 Å². The third kappa shape index (κ3) is 3.81. The predicted octanol–water partition coefficient (Wildman–Crippen LogP) is 6.91. The maximum Gasteiger partial charge on any atom is 0.203 e. The second-order valence-electron chi connectivity index (χ2n) is 8.95. The molecule has 0 aromatic heterocycles. The molecule has 0 N–H and O–H groups in total. The summed E-state index contributed by atoms with van der Waals surface area (Å²) in [4.78, 5) is 0. The summed E-state index contributed by atoms with van der Waals surface area (Å²) in [6, 6.07) is 21.7. The first kappa shape index (κ1) is 21.0. The van der Waals surface area contributed by atoms with E-state index in [1.807, 2.05) is 0 Å². The lowest BCUT2D eigenvalue weighted by Crippen LogP contribution is -2.10. The summed E-state index contributed by atoms with van der Waals surface area (Å²) >= 11 is 0. The Balaban J connectivity index is 1.97. The Morgan fingerprint density at radius 2 is 1.39 bits per heavy atom. The molecule has 0 spiro atoms. The second-order valence-corrected chi connectivity index (χ2v) is 8.95. The van der Waals surface area contributed by atoms with E-state index in [1.165, 1.54) is 27.5 Å². The van der Waals surface area contributed by atoms with E-state index < -0.39 is 0 Å². The summed E-state index contributed by atoms with van der Waals surface area (Å²) in [6.07, 6.45) is 0.803. The highest BCUT2D eigenvalue weighted by atomic mass is 16.5. The van der Waals surface area contributed by atoms with E-state index in [-0.39, 0.29) is 5.41 Å². The molecule has 0 aliphatic heterocycles. The lowest BCUT2D eigenvalue weighted by Gasteiger charge is -2.20. The molecule has 0 atom stereocenters. The van der Waals surface area contributed by atoms with E-state index in [0.717, 1.165) is 17.2 Å². The molecule has 31 heavy (non-hydrogen) atoms. The molecule has 0 unspecified atom stereocenters. The van der Waals surface area contributed by atoms with Crippen LogP contribution in [0.25, 0.3) is 21.5 Å². The van der Waals surface area contributed by atoms with Crippen LogP contribution in [0.2, 0.25) is 0 Å². The van der Waals surface area contributed by atoms with Crippen LogP contribution >= 0.6 is 0 Å². The van der Waals surface area contributed by atoms with Crippen LogP contribution in [0, 0.1) is 0 Å². The minimum absolute atomic E-state index is 0.140. The second kappa shape index (κ2) is 8.14. The lowest BCUT2D eigenvalue weighted by atomic mass is 9.86. The van der Waals surface area contributed by atoms with Gasteiger partial charge in [0.1, 0.15) is 0 Å². The van der Waals surface area contributed by atoms with Crippen LogP contribution in [0.4, 0.5) is 0 Å². The molecule has 0 fully saturated rings. The topological polar surface area (TPSA) is 27.7 Å². The number of methoxy groups -OCH3 is 3. The van der Waals surface area contributed by atoms with Crippen LogP contribution in [0.1, 0.15) is 37.5 Å². The summed E-state index contributed by atoms with van der Waals surface area (Å²) in [7, 11) is 5.00. The zero-order chi connectivity index (χ0) is 22.2. The molecule has 0 bridgehead atoms. The van der Waals surface area contributed by atoms with Crippen molar-refractivity contribution in [3.05, 3.63) is 77.4 Å². The van der Waals surface area contributed by atoms with Gasteiger partial charge in [-0.2, -0.15) is 0 Å². The van der Waals surface area contributed by atoms with Gasteiger partial charge in [-0.25, -0.2) is 0 Å². The van der Waals surface area contributed by atoms with Crippen LogP contribution < -0.4 is 14.2 Å². The number of ether oxygens (including phenoxy) is 3. The quantitative estimate of drug-likeness (QED) is 0.332. The fraction of sp³-hybridized carbons (Fsp3) is 0.286. The lowest BCUT2D eigenvalue weighted by molar-refractivity contribution is 0.327. The van der Waals surface area contributed by atoms with E-state index in [2.05, 4.69) is 81.4 Å². The first-order valence-corrected chi connectivity index (χ1v) is 10.6. The maximum atomic E-state index is 5.88. The molecule has 0 aliphatic carbocycles. The Hall–Kier alpha value is -3.20. The fourth-order valence-corrected chi connectivity index (χ4v) is 4.30. The zero-order valence-corrected chi connectivity index (χ0v) is 19.2. The molecule has 4 rings (SSSR count). The van der Waals surface area contributed by atoms with Crippen molar-refractivity contribution >= 4 is 21.5 Å². The number of benzene rings is 4. The SMILES string of the molecule is COc1cc2c(c(Cc3ccc(C(C)(C)C)cc3)cc3ccccc32)c(OC)c1OC. The Morgan fingerprint density at radius 1 is 0.710 bits per heavy atom. The van der Waals surface area contributed by atoms with Gasteiger partial charge < -0.3 is 14.2 Å². The molecule has 4 aromatic rings. The highest BCUT2D eigenvalue weighted by molar-refractivity contribution is 6.12. The molecule has 0 saturated heterocycles. The molecule has 4 aromatic carbocycles. The standard InChI is InChI=1S/C28H30O3/c1-28(2,3)21-13-11-18(12-14-21)15-20-16-19-9-7-8-10-22(19)23-17-24(29-4)26(30-5)27(31-6)25(20)23/h7-14,16-17H,15H2,1-6H3. The highest BCUT2D eigenvalue weighted by Crippen LogP contribution is 2.47. The van der Waals surface area contributed by atoms with E-state index in [1.54, 1.807) is 21.3 Å². The van der Waals surface area contributed by atoms with Gasteiger partial charge in [-0.05, 0) is 50.8 Å². The van der Waals surface area contributed by atoms with E-state index in [4.69, 9.17) is 14.2 Å². The molecule has 0 saturated carbocycles. The maximum absolute atomic E-state index is 5.88. The monoisotopic (exact) mass is 414 g/mol. The van der Waals surface area contributed by atoms with E-state index in [9.17, 15) is 0 Å². The van der Waals surface area contributed by atoms with Gasteiger partial charge in [-0.1, -0.05) is 75.4 Å². The molecule has 3 nitrogen and oxygen atoms in total. The van der Waals surface area contributed by atoms with Gasteiger partial charge in [-0.3, -0.25) is 0 Å². The molecule has 0 amide bonds. The highest BCUT2D eigenvalue weighted by Gasteiger charge is 2.21. The van der Waals surface area contributed by atoms with Crippen molar-refractivity contribution in [2.75, 3.05) is 21.3 Å². The van der Waals surface area contributed by atoms with Crippen LogP contribution in [0.3, 0.4) is 0 Å². The van der Waals surface area contributed by atoms with Crippen molar-refractivity contribution in [1.82, 2.24) is 0 Å². The van der Waals surface area contributed by atoms with Gasteiger partial charge in [-0.15, -0.1) is 0 Å². The summed E-state index contributed by atoms with van der Waals surface area (Å²) in [5.41, 5.74) is 3.95. The van der Waals surface area contributed by atoms with Crippen LogP contribution in [-0.4, -0.2) is 21.3 Å². The Labute approximate surface area is 184 Å². The molecule has 0 aliphatic rings. The van der Waals surface area contributed by atoms with Gasteiger partial charge in [0.25, 0.3) is 0 Å². The Bertz CT molecular complexity index is 1230. The molecular formula is C28H30O3. The molecule has 3 heteroatoms. The first-order chi connectivity index (χ1) is 14.9. The summed E-state index contributed by atoms with van der Waals surface area (Å²) in [6.45, 7) is 6.72. The smallest absolute Gasteiger partial charge is 0.203 e. The van der Waals surface area contributed by atoms with E-state index >= 15 is 0 Å². The van der Waals surface area contributed by atoms with Crippen LogP contribution in [0.15, 0.2) is 60.7 Å². The predicted molar refractivity (Wildman–Crippen MR) is 129 cm³/mol. The number of rotatable bonds is 5. The van der Waals surface area contributed by atoms with Crippen molar-refractivity contribution in [2.24, 2.45) is 0 Å². The number of fused-ring (bicyclic) bond motifs is 3.